The van der Waals surface area contributed by atoms with Gasteiger partial charge in [-0.05, 0) is 55.8 Å². The first-order valence-electron chi connectivity index (χ1n) is 8.67. The Hall–Kier alpha value is -3.66. The first kappa shape index (κ1) is 20.6. The third-order valence-corrected chi connectivity index (χ3v) is 3.69. The van der Waals surface area contributed by atoms with Gasteiger partial charge in [0, 0.05) is 17.7 Å². The Kier molecular flexibility index (Phi) is 7.73. The molecule has 0 saturated heterocycles. The molecule has 0 saturated carbocycles. The number of hydrogen-bond donors (Lipinski definition) is 1. The average Bonchev–Trinajstić information content (AvgIpc) is 2.70. The first-order chi connectivity index (χ1) is 13.5. The van der Waals surface area contributed by atoms with E-state index in [1.54, 1.807) is 42.5 Å². The molecule has 0 unspecified atom stereocenters. The quantitative estimate of drug-likeness (QED) is 0.407. The molecule has 7 nitrogen and oxygen atoms in total. The van der Waals surface area contributed by atoms with Crippen molar-refractivity contribution in [3.05, 3.63) is 59.7 Å². The van der Waals surface area contributed by atoms with E-state index in [1.807, 2.05) is 6.07 Å². The zero-order chi connectivity index (χ0) is 20.4. The lowest BCUT2D eigenvalue weighted by Gasteiger charge is -2.08. The van der Waals surface area contributed by atoms with E-state index in [4.69, 9.17) is 14.7 Å². The Labute approximate surface area is 162 Å². The van der Waals surface area contributed by atoms with Gasteiger partial charge in [-0.25, -0.2) is 0 Å². The monoisotopic (exact) mass is 380 g/mol. The summed E-state index contributed by atoms with van der Waals surface area (Å²) >= 11 is 0. The van der Waals surface area contributed by atoms with Crippen molar-refractivity contribution in [3.8, 4) is 11.8 Å². The highest BCUT2D eigenvalue weighted by Crippen LogP contribution is 2.13. The minimum Gasteiger partial charge on any atom is -0.494 e. The molecule has 0 bridgehead atoms. The molecule has 1 N–H and O–H groups in total. The summed E-state index contributed by atoms with van der Waals surface area (Å²) in [4.78, 5) is 34.7. The minimum absolute atomic E-state index is 0.0175. The van der Waals surface area contributed by atoms with Crippen LogP contribution in [-0.2, 0) is 14.3 Å². The summed E-state index contributed by atoms with van der Waals surface area (Å²) < 4.78 is 10.4. The van der Waals surface area contributed by atoms with Gasteiger partial charge in [-0.15, -0.1) is 0 Å². The van der Waals surface area contributed by atoms with E-state index in [9.17, 15) is 14.4 Å². The lowest BCUT2D eigenvalue weighted by molar-refractivity contribution is -0.147. The zero-order valence-electron chi connectivity index (χ0n) is 15.4. The van der Waals surface area contributed by atoms with E-state index in [2.05, 4.69) is 5.32 Å². The van der Waals surface area contributed by atoms with Gasteiger partial charge in [0.15, 0.2) is 12.4 Å². The number of carbonyl (C=O) groups is 3. The summed E-state index contributed by atoms with van der Waals surface area (Å²) in [5, 5.41) is 11.4. The molecule has 28 heavy (non-hydrogen) atoms. The maximum Gasteiger partial charge on any atom is 0.306 e. The highest BCUT2D eigenvalue weighted by atomic mass is 16.5. The number of nitrogens with one attached hydrogen (secondary N) is 1. The Morgan fingerprint density at radius 2 is 1.86 bits per heavy atom. The molecule has 1 amide bonds. The third-order valence-electron chi connectivity index (χ3n) is 3.69. The lowest BCUT2D eigenvalue weighted by atomic mass is 10.1. The van der Waals surface area contributed by atoms with Crippen molar-refractivity contribution in [3.63, 3.8) is 0 Å². The molecule has 0 fully saturated rings. The van der Waals surface area contributed by atoms with E-state index in [0.717, 1.165) is 0 Å². The molecule has 2 aromatic rings. The van der Waals surface area contributed by atoms with Crippen molar-refractivity contribution in [2.45, 2.75) is 19.8 Å². The maximum absolute atomic E-state index is 11.8. The summed E-state index contributed by atoms with van der Waals surface area (Å²) in [5.41, 5.74) is 1.49. The number of carbonyl (C=O) groups excluding carboxylic acids is 3. The van der Waals surface area contributed by atoms with Crippen molar-refractivity contribution in [1.29, 1.82) is 5.26 Å². The minimum atomic E-state index is -0.503. The topological polar surface area (TPSA) is 105 Å². The third kappa shape index (κ3) is 6.92. The van der Waals surface area contributed by atoms with E-state index >= 15 is 0 Å². The van der Waals surface area contributed by atoms with Crippen molar-refractivity contribution in [1.82, 2.24) is 0 Å². The molecule has 2 aromatic carbocycles. The number of amides is 1. The molecule has 0 aromatic heterocycles. The number of ether oxygens (including phenoxy) is 2. The second kappa shape index (κ2) is 10.5. The molecule has 2 rings (SSSR count). The molecule has 144 valence electrons. The van der Waals surface area contributed by atoms with Crippen LogP contribution in [0.1, 0.15) is 35.7 Å². The Bertz CT molecular complexity index is 884. The number of rotatable bonds is 9. The lowest BCUT2D eigenvalue weighted by Crippen LogP contribution is -2.21. The van der Waals surface area contributed by atoms with Crippen LogP contribution in [0.25, 0.3) is 0 Å². The number of nitriles is 1. The fourth-order valence-corrected chi connectivity index (χ4v) is 2.27. The second-order valence-corrected chi connectivity index (χ2v) is 5.93. The predicted octanol–water partition coefficient (Wildman–Crippen LogP) is 3.10. The van der Waals surface area contributed by atoms with E-state index < -0.39 is 18.5 Å². The van der Waals surface area contributed by atoms with Crippen molar-refractivity contribution in [2.24, 2.45) is 0 Å². The van der Waals surface area contributed by atoms with Crippen LogP contribution in [0.3, 0.4) is 0 Å². The molecule has 0 radical (unpaired) electrons. The number of ketones is 1. The number of anilines is 1. The van der Waals surface area contributed by atoms with Crippen LogP contribution in [0.2, 0.25) is 0 Å². The number of Topliss-reactive ketones (excluding diaryl/α,β-unsaturated/α-hetero) is 1. The Morgan fingerprint density at radius 1 is 1.11 bits per heavy atom. The van der Waals surface area contributed by atoms with Crippen LogP contribution in [0.4, 0.5) is 5.69 Å². The summed E-state index contributed by atoms with van der Waals surface area (Å²) in [6, 6.07) is 15.2. The van der Waals surface area contributed by atoms with Gasteiger partial charge in [-0.2, -0.15) is 5.26 Å². The molecule has 0 aliphatic carbocycles. The number of esters is 1. The SMILES string of the molecule is CC(=O)c1ccc(OCCCC(=O)OCC(=O)Nc2cccc(C#N)c2)cc1. The van der Waals surface area contributed by atoms with Gasteiger partial charge in [-0.3, -0.25) is 14.4 Å². The number of hydrogen-bond acceptors (Lipinski definition) is 6. The summed E-state index contributed by atoms with van der Waals surface area (Å²) in [5.74, 6) is -0.393. The molecule has 0 atom stereocenters. The predicted molar refractivity (Wildman–Crippen MR) is 102 cm³/mol. The Morgan fingerprint density at radius 3 is 2.54 bits per heavy atom. The van der Waals surface area contributed by atoms with Gasteiger partial charge in [-0.1, -0.05) is 6.07 Å². The summed E-state index contributed by atoms with van der Waals surface area (Å²) in [7, 11) is 0. The molecule has 7 heteroatoms. The highest BCUT2D eigenvalue weighted by Gasteiger charge is 2.08. The first-order valence-corrected chi connectivity index (χ1v) is 8.67. The van der Waals surface area contributed by atoms with Gasteiger partial charge in [0.1, 0.15) is 5.75 Å². The zero-order valence-corrected chi connectivity index (χ0v) is 15.4. The molecule has 0 aliphatic rings. The van der Waals surface area contributed by atoms with Gasteiger partial charge in [0.25, 0.3) is 5.91 Å². The van der Waals surface area contributed by atoms with Crippen LogP contribution in [0.15, 0.2) is 48.5 Å². The summed E-state index contributed by atoms with van der Waals surface area (Å²) in [6.45, 7) is 1.40. The van der Waals surface area contributed by atoms with Gasteiger partial charge in [0.05, 0.1) is 18.2 Å². The molecule has 0 aliphatic heterocycles. The largest absolute Gasteiger partial charge is 0.494 e. The van der Waals surface area contributed by atoms with Gasteiger partial charge >= 0.3 is 5.97 Å². The van der Waals surface area contributed by atoms with Gasteiger partial charge < -0.3 is 14.8 Å². The fraction of sp³-hybridized carbons (Fsp3) is 0.238. The number of benzene rings is 2. The van der Waals surface area contributed by atoms with Crippen LogP contribution in [0.5, 0.6) is 5.75 Å². The molecular weight excluding hydrogens is 360 g/mol. The van der Waals surface area contributed by atoms with Gasteiger partial charge in [0.2, 0.25) is 0 Å². The van der Waals surface area contributed by atoms with Crippen LogP contribution in [0, 0.1) is 11.3 Å². The Balaban J connectivity index is 1.63. The second-order valence-electron chi connectivity index (χ2n) is 5.93. The molecule has 0 heterocycles. The van der Waals surface area contributed by atoms with E-state index in [1.165, 1.54) is 13.0 Å². The fourth-order valence-electron chi connectivity index (χ4n) is 2.27. The van der Waals surface area contributed by atoms with E-state index in [0.29, 0.717) is 35.6 Å². The smallest absolute Gasteiger partial charge is 0.306 e. The number of nitrogens with zero attached hydrogens (tertiary/aromatic N) is 1. The van der Waals surface area contributed by atoms with Crippen molar-refractivity contribution in [2.75, 3.05) is 18.5 Å². The normalized spacial score (nSPS) is 9.86. The molecular formula is C21H20N2O5. The van der Waals surface area contributed by atoms with Crippen molar-refractivity contribution < 1.29 is 23.9 Å². The maximum atomic E-state index is 11.8. The average molecular weight is 380 g/mol. The standard InChI is InChI=1S/C21H20N2O5/c1-15(24)17-7-9-19(10-8-17)27-11-3-6-21(26)28-14-20(25)23-18-5-2-4-16(12-18)13-22/h2,4-5,7-10,12H,3,6,11,14H2,1H3,(H,23,25). The summed E-state index contributed by atoms with van der Waals surface area (Å²) in [6.07, 6.45) is 0.544. The van der Waals surface area contributed by atoms with Crippen LogP contribution >= 0.6 is 0 Å². The van der Waals surface area contributed by atoms with Crippen LogP contribution < -0.4 is 10.1 Å². The van der Waals surface area contributed by atoms with Crippen LogP contribution in [-0.4, -0.2) is 30.9 Å². The van der Waals surface area contributed by atoms with Crippen molar-refractivity contribution >= 4 is 23.3 Å². The highest BCUT2D eigenvalue weighted by molar-refractivity contribution is 5.94. The molecule has 0 spiro atoms. The van der Waals surface area contributed by atoms with E-state index in [-0.39, 0.29) is 12.2 Å².